The van der Waals surface area contributed by atoms with Crippen molar-refractivity contribution in [3.63, 3.8) is 0 Å². The molecule has 0 bridgehead atoms. The molecule has 2 aromatic rings. The molecule has 5 nitrogen and oxygen atoms in total. The van der Waals surface area contributed by atoms with Crippen molar-refractivity contribution in [2.24, 2.45) is 0 Å². The van der Waals surface area contributed by atoms with E-state index >= 15 is 0 Å². The molecule has 1 fully saturated rings. The van der Waals surface area contributed by atoms with Crippen molar-refractivity contribution in [2.75, 3.05) is 25.0 Å². The van der Waals surface area contributed by atoms with Crippen LogP contribution < -0.4 is 5.32 Å². The molecule has 0 atom stereocenters. The molecule has 25 heavy (non-hydrogen) atoms. The minimum absolute atomic E-state index is 0.220. The Bertz CT molecular complexity index is 803. The van der Waals surface area contributed by atoms with Crippen LogP contribution in [-0.4, -0.2) is 37.3 Å². The lowest BCUT2D eigenvalue weighted by Crippen LogP contribution is -2.27. The zero-order valence-electron chi connectivity index (χ0n) is 14.0. The summed E-state index contributed by atoms with van der Waals surface area (Å²) in [6, 6.07) is 9.86. The zero-order chi connectivity index (χ0) is 17.7. The van der Waals surface area contributed by atoms with Gasteiger partial charge in [0.1, 0.15) is 16.5 Å². The standard InChI is InChI=1S/C18H22FN3O2S/c19-16-7-3-5-15(13-16)6-4-10-20-18-9-8-17(14-21-18)25(23,24)22-11-1-2-12-22/h3,5,7-9,13-14H,1-2,4,6,10-12H2,(H,20,21). The van der Waals surface area contributed by atoms with E-state index in [1.54, 1.807) is 18.2 Å². The second kappa shape index (κ2) is 7.93. The lowest BCUT2D eigenvalue weighted by molar-refractivity contribution is 0.477. The third-order valence-electron chi connectivity index (χ3n) is 4.28. The number of sulfonamides is 1. The van der Waals surface area contributed by atoms with E-state index in [-0.39, 0.29) is 10.7 Å². The summed E-state index contributed by atoms with van der Waals surface area (Å²) in [5.74, 6) is 0.418. The molecule has 1 aliphatic heterocycles. The van der Waals surface area contributed by atoms with Crippen molar-refractivity contribution >= 4 is 15.8 Å². The molecule has 1 aromatic carbocycles. The molecule has 1 N–H and O–H groups in total. The van der Waals surface area contributed by atoms with E-state index in [2.05, 4.69) is 10.3 Å². The van der Waals surface area contributed by atoms with Gasteiger partial charge in [-0.2, -0.15) is 4.31 Å². The molecule has 0 aliphatic carbocycles. The Balaban J connectivity index is 1.51. The molecule has 0 unspecified atom stereocenters. The Hall–Kier alpha value is -1.99. The van der Waals surface area contributed by atoms with Crippen LogP contribution in [0.3, 0.4) is 0 Å². The first-order chi connectivity index (χ1) is 12.1. The Morgan fingerprint density at radius 2 is 1.96 bits per heavy atom. The molecule has 3 rings (SSSR count). The number of hydrogen-bond acceptors (Lipinski definition) is 4. The highest BCUT2D eigenvalue weighted by molar-refractivity contribution is 7.89. The van der Waals surface area contributed by atoms with E-state index < -0.39 is 10.0 Å². The van der Waals surface area contributed by atoms with Gasteiger partial charge in [0, 0.05) is 25.8 Å². The molecule has 0 amide bonds. The molecule has 1 aliphatic rings. The maximum absolute atomic E-state index is 13.1. The predicted molar refractivity (Wildman–Crippen MR) is 95.4 cm³/mol. The van der Waals surface area contributed by atoms with E-state index in [9.17, 15) is 12.8 Å². The number of nitrogens with zero attached hydrogens (tertiary/aromatic N) is 2. The molecule has 0 radical (unpaired) electrons. The average molecular weight is 363 g/mol. The van der Waals surface area contributed by atoms with Gasteiger partial charge in [0.05, 0.1) is 0 Å². The summed E-state index contributed by atoms with van der Waals surface area (Å²) in [4.78, 5) is 4.43. The van der Waals surface area contributed by atoms with Gasteiger partial charge in [-0.3, -0.25) is 0 Å². The minimum atomic E-state index is -3.41. The van der Waals surface area contributed by atoms with Gasteiger partial charge in [0.2, 0.25) is 10.0 Å². The first kappa shape index (κ1) is 17.8. The van der Waals surface area contributed by atoms with E-state index in [1.165, 1.54) is 22.6 Å². The normalized spacial score (nSPS) is 15.4. The Morgan fingerprint density at radius 3 is 2.64 bits per heavy atom. The maximum atomic E-state index is 13.1. The number of halogens is 1. The first-order valence-corrected chi connectivity index (χ1v) is 9.94. The van der Waals surface area contributed by atoms with Crippen molar-refractivity contribution in [1.29, 1.82) is 0 Å². The van der Waals surface area contributed by atoms with Crippen molar-refractivity contribution in [3.8, 4) is 0 Å². The van der Waals surface area contributed by atoms with Crippen LogP contribution in [0, 0.1) is 5.82 Å². The molecular formula is C18H22FN3O2S. The molecule has 7 heteroatoms. The number of aromatic nitrogens is 1. The topological polar surface area (TPSA) is 62.3 Å². The van der Waals surface area contributed by atoms with Gasteiger partial charge in [-0.1, -0.05) is 12.1 Å². The largest absolute Gasteiger partial charge is 0.370 e. The van der Waals surface area contributed by atoms with Gasteiger partial charge in [-0.15, -0.1) is 0 Å². The molecule has 0 saturated carbocycles. The van der Waals surface area contributed by atoms with Gasteiger partial charge >= 0.3 is 0 Å². The van der Waals surface area contributed by atoms with Crippen molar-refractivity contribution in [1.82, 2.24) is 9.29 Å². The van der Waals surface area contributed by atoms with Gasteiger partial charge in [0.25, 0.3) is 0 Å². The minimum Gasteiger partial charge on any atom is -0.370 e. The monoisotopic (exact) mass is 363 g/mol. The predicted octanol–water partition coefficient (Wildman–Crippen LogP) is 3.05. The lowest BCUT2D eigenvalue weighted by Gasteiger charge is -2.15. The van der Waals surface area contributed by atoms with Crippen LogP contribution in [0.5, 0.6) is 0 Å². The van der Waals surface area contributed by atoms with Crippen molar-refractivity contribution in [3.05, 3.63) is 54.0 Å². The van der Waals surface area contributed by atoms with Gasteiger partial charge < -0.3 is 5.32 Å². The maximum Gasteiger partial charge on any atom is 0.244 e. The van der Waals surface area contributed by atoms with Crippen LogP contribution in [0.4, 0.5) is 10.2 Å². The summed E-state index contributed by atoms with van der Waals surface area (Å²) < 4.78 is 39.5. The highest BCUT2D eigenvalue weighted by atomic mass is 32.2. The summed E-state index contributed by atoms with van der Waals surface area (Å²) >= 11 is 0. The molecule has 134 valence electrons. The number of pyridine rings is 1. The van der Waals surface area contributed by atoms with Gasteiger partial charge in [-0.25, -0.2) is 17.8 Å². The zero-order valence-corrected chi connectivity index (χ0v) is 14.8. The van der Waals surface area contributed by atoms with Gasteiger partial charge in [-0.05, 0) is 55.5 Å². The van der Waals surface area contributed by atoms with Crippen LogP contribution >= 0.6 is 0 Å². The Kier molecular flexibility index (Phi) is 5.65. The number of nitrogens with one attached hydrogen (secondary N) is 1. The highest BCUT2D eigenvalue weighted by Gasteiger charge is 2.27. The molecular weight excluding hydrogens is 341 g/mol. The fraction of sp³-hybridized carbons (Fsp3) is 0.389. The Labute approximate surface area is 147 Å². The molecule has 2 heterocycles. The fourth-order valence-corrected chi connectivity index (χ4v) is 4.38. The van der Waals surface area contributed by atoms with Crippen molar-refractivity contribution < 1.29 is 12.8 Å². The second-order valence-electron chi connectivity index (χ2n) is 6.15. The number of aryl methyl sites for hydroxylation is 1. The smallest absolute Gasteiger partial charge is 0.244 e. The number of rotatable bonds is 7. The third-order valence-corrected chi connectivity index (χ3v) is 6.16. The van der Waals surface area contributed by atoms with Crippen LogP contribution in [0.2, 0.25) is 0 Å². The van der Waals surface area contributed by atoms with E-state index in [0.717, 1.165) is 31.2 Å². The lowest BCUT2D eigenvalue weighted by atomic mass is 10.1. The van der Waals surface area contributed by atoms with Crippen LogP contribution in [-0.2, 0) is 16.4 Å². The first-order valence-electron chi connectivity index (χ1n) is 8.50. The number of anilines is 1. The quantitative estimate of drug-likeness (QED) is 0.768. The molecule has 0 spiro atoms. The fourth-order valence-electron chi connectivity index (χ4n) is 2.92. The number of hydrogen-bond donors (Lipinski definition) is 1. The molecule has 1 aromatic heterocycles. The average Bonchev–Trinajstić information content (AvgIpc) is 3.15. The summed E-state index contributed by atoms with van der Waals surface area (Å²) in [5, 5.41) is 3.16. The summed E-state index contributed by atoms with van der Waals surface area (Å²) in [7, 11) is -3.41. The summed E-state index contributed by atoms with van der Waals surface area (Å²) in [6.07, 6.45) is 4.84. The summed E-state index contributed by atoms with van der Waals surface area (Å²) in [5.41, 5.74) is 0.960. The highest BCUT2D eigenvalue weighted by Crippen LogP contribution is 2.20. The summed E-state index contributed by atoms with van der Waals surface area (Å²) in [6.45, 7) is 1.85. The van der Waals surface area contributed by atoms with Crippen LogP contribution in [0.15, 0.2) is 47.5 Å². The van der Waals surface area contributed by atoms with E-state index in [1.807, 2.05) is 6.07 Å². The number of benzene rings is 1. The molecule has 1 saturated heterocycles. The van der Waals surface area contributed by atoms with Crippen LogP contribution in [0.25, 0.3) is 0 Å². The van der Waals surface area contributed by atoms with Crippen molar-refractivity contribution in [2.45, 2.75) is 30.6 Å². The van der Waals surface area contributed by atoms with Gasteiger partial charge in [0.15, 0.2) is 0 Å². The van der Waals surface area contributed by atoms with Crippen LogP contribution in [0.1, 0.15) is 24.8 Å². The second-order valence-corrected chi connectivity index (χ2v) is 8.09. The van der Waals surface area contributed by atoms with E-state index in [0.29, 0.717) is 25.5 Å². The SMILES string of the molecule is O=S(=O)(c1ccc(NCCCc2cccc(F)c2)nc1)N1CCCC1. The Morgan fingerprint density at radius 1 is 1.16 bits per heavy atom. The van der Waals surface area contributed by atoms with E-state index in [4.69, 9.17) is 0 Å². The third kappa shape index (κ3) is 4.55.